The van der Waals surface area contributed by atoms with Gasteiger partial charge in [-0.05, 0) is 207 Å². The molecule has 4 aliphatic rings. The van der Waals surface area contributed by atoms with Gasteiger partial charge in [-0.2, -0.15) is 20.3 Å². The molecule has 4 rings (SSSR count). The van der Waals surface area contributed by atoms with E-state index in [2.05, 4.69) is 0 Å². The van der Waals surface area contributed by atoms with Crippen LogP contribution in [0.1, 0.15) is 279 Å². The number of rotatable bonds is 42. The zero-order valence-corrected chi connectivity index (χ0v) is 62.6. The van der Waals surface area contributed by atoms with Crippen LogP contribution in [-0.4, -0.2) is 217 Å². The van der Waals surface area contributed by atoms with E-state index in [0.717, 1.165) is 0 Å². The van der Waals surface area contributed by atoms with E-state index in [1.165, 1.54) is 20.3 Å². The Hall–Kier alpha value is -3.21. The summed E-state index contributed by atoms with van der Waals surface area (Å²) in [4.78, 5) is 69.4. The van der Waals surface area contributed by atoms with Gasteiger partial charge in [-0.1, -0.05) is 39.5 Å². The molecule has 0 aliphatic carbocycles. The maximum absolute atomic E-state index is 14.4. The fraction of sp³-hybridized carbons (Fsp3) is 0.931. The lowest BCUT2D eigenvalue weighted by atomic mass is 9.77. The van der Waals surface area contributed by atoms with Gasteiger partial charge in [-0.15, -0.1) is 0 Å². The summed E-state index contributed by atoms with van der Waals surface area (Å²) >= 11 is 0. The van der Waals surface area contributed by atoms with E-state index < -0.39 is 91.3 Å². The van der Waals surface area contributed by atoms with Gasteiger partial charge in [0.1, 0.15) is 5.41 Å². The molecule has 4 heterocycles. The molecule has 0 aromatic heterocycles. The average molecular weight is 1370 g/mol. The van der Waals surface area contributed by atoms with E-state index in [4.69, 9.17) is 47.4 Å². The molecule has 24 heteroatoms. The first-order valence-electron chi connectivity index (χ1n) is 36.1. The van der Waals surface area contributed by atoms with Crippen molar-refractivity contribution in [1.82, 2.24) is 20.3 Å². The van der Waals surface area contributed by atoms with Crippen LogP contribution in [0.3, 0.4) is 0 Å². The fourth-order valence-electron chi connectivity index (χ4n) is 15.4. The van der Waals surface area contributed by atoms with Crippen LogP contribution in [0.4, 0.5) is 0 Å². The Bertz CT molecular complexity index is 2260. The number of unbranched alkanes of at least 4 members (excludes halogenated alkanes) is 2. The number of carbonyl (C=O) groups is 5. The first-order chi connectivity index (χ1) is 44.6. The SMILES string of the molecule is CCCCC(CCCOC(=O)CCC(=O)OCCCC(CCCC)(C(=O)OCCCOC1CC(C)(C)N(O)C(C)(C)C1)C(O)OCCCOC1CC(C)(C)N(O)C(C)(C)C1)(C(=O)OCCCOC1CC(C)(C)N(O)C(C)(C)C1)C(=O)OCCCOC1CC(C)(C)N(O)C(C)(C)C1. The summed E-state index contributed by atoms with van der Waals surface area (Å²) in [6.45, 7) is 36.4. The van der Waals surface area contributed by atoms with Crippen molar-refractivity contribution < 1.29 is 97.3 Å². The lowest BCUT2D eigenvalue weighted by Crippen LogP contribution is -2.60. The van der Waals surface area contributed by atoms with Crippen molar-refractivity contribution in [3.05, 3.63) is 0 Å². The lowest BCUT2D eigenvalue weighted by Gasteiger charge is -2.51. The predicted octanol–water partition coefficient (Wildman–Crippen LogP) is 12.0. The summed E-state index contributed by atoms with van der Waals surface area (Å²) in [5.74, 6) is -3.47. The highest BCUT2D eigenvalue weighted by atomic mass is 16.6. The summed E-state index contributed by atoms with van der Waals surface area (Å²) < 4.78 is 59.9. The number of aliphatic hydroxyl groups excluding tert-OH is 1. The van der Waals surface area contributed by atoms with Gasteiger partial charge < -0.3 is 73.3 Å². The van der Waals surface area contributed by atoms with Gasteiger partial charge >= 0.3 is 29.8 Å². The van der Waals surface area contributed by atoms with Crippen molar-refractivity contribution in [2.75, 3.05) is 66.1 Å². The van der Waals surface area contributed by atoms with Crippen LogP contribution in [0.15, 0.2) is 0 Å². The van der Waals surface area contributed by atoms with Gasteiger partial charge in [0.15, 0.2) is 11.7 Å². The molecular weight excluding hydrogens is 1240 g/mol. The molecule has 0 bridgehead atoms. The van der Waals surface area contributed by atoms with Crippen molar-refractivity contribution in [2.24, 2.45) is 10.8 Å². The van der Waals surface area contributed by atoms with Crippen LogP contribution in [0, 0.1) is 10.8 Å². The number of esters is 5. The molecule has 4 aliphatic heterocycles. The Labute approximate surface area is 575 Å². The van der Waals surface area contributed by atoms with E-state index in [0.29, 0.717) is 129 Å². The van der Waals surface area contributed by atoms with Crippen LogP contribution in [-0.2, 0) is 71.3 Å². The van der Waals surface area contributed by atoms with Crippen molar-refractivity contribution >= 4 is 29.8 Å². The van der Waals surface area contributed by atoms with E-state index in [-0.39, 0.29) is 115 Å². The van der Waals surface area contributed by atoms with Crippen molar-refractivity contribution in [1.29, 1.82) is 0 Å². The number of hydrogen-bond donors (Lipinski definition) is 5. The maximum Gasteiger partial charge on any atom is 0.323 e. The summed E-state index contributed by atoms with van der Waals surface area (Å²) in [6.07, 6.45) is 6.86. The first kappa shape index (κ1) is 85.2. The Balaban J connectivity index is 1.35. The fourth-order valence-corrected chi connectivity index (χ4v) is 15.4. The molecule has 0 amide bonds. The number of hydroxylamine groups is 8. The predicted molar refractivity (Wildman–Crippen MR) is 360 cm³/mol. The Kier molecular flexibility index (Phi) is 32.9. The quantitative estimate of drug-likeness (QED) is 0.0125. The summed E-state index contributed by atoms with van der Waals surface area (Å²) in [5, 5.41) is 60.6. The minimum absolute atomic E-state index is 0.0174. The van der Waals surface area contributed by atoms with Gasteiger partial charge in [-0.25, -0.2) is 0 Å². The number of carbonyl (C=O) groups excluding carboxylic acids is 5. The van der Waals surface area contributed by atoms with Gasteiger partial charge in [0.05, 0.1) is 96.7 Å². The van der Waals surface area contributed by atoms with Crippen LogP contribution < -0.4 is 0 Å². The second-order valence-electron chi connectivity index (χ2n) is 33.0. The highest BCUT2D eigenvalue weighted by Gasteiger charge is 2.52. The molecule has 24 nitrogen and oxygen atoms in total. The van der Waals surface area contributed by atoms with Crippen molar-refractivity contribution in [3.63, 3.8) is 0 Å². The molecule has 4 saturated heterocycles. The lowest BCUT2D eigenvalue weighted by molar-refractivity contribution is -0.261. The largest absolute Gasteiger partial charge is 0.466 e. The topological polar surface area (TPSA) is 292 Å². The smallest absolute Gasteiger partial charge is 0.323 e. The first-order valence-corrected chi connectivity index (χ1v) is 36.1. The van der Waals surface area contributed by atoms with E-state index in [1.54, 1.807) is 0 Å². The normalized spacial score (nSPS) is 22.6. The second-order valence-corrected chi connectivity index (χ2v) is 33.0. The molecular formula is C72H132N4O20. The third kappa shape index (κ3) is 24.8. The van der Waals surface area contributed by atoms with E-state index in [9.17, 15) is 49.9 Å². The van der Waals surface area contributed by atoms with Crippen molar-refractivity contribution in [3.8, 4) is 0 Å². The minimum atomic E-state index is -1.71. The molecule has 0 radical (unpaired) electrons. The van der Waals surface area contributed by atoms with Gasteiger partial charge in [0.2, 0.25) is 0 Å². The molecule has 0 aromatic rings. The molecule has 2 unspecified atom stereocenters. The van der Waals surface area contributed by atoms with E-state index >= 15 is 0 Å². The molecule has 0 saturated carbocycles. The molecule has 5 N–H and O–H groups in total. The Morgan fingerprint density at radius 3 is 0.917 bits per heavy atom. The van der Waals surface area contributed by atoms with Crippen molar-refractivity contribution in [2.45, 2.75) is 354 Å². The molecule has 560 valence electrons. The summed E-state index contributed by atoms with van der Waals surface area (Å²) in [5.41, 5.74) is -7.22. The molecule has 4 fully saturated rings. The third-order valence-electron chi connectivity index (χ3n) is 20.1. The summed E-state index contributed by atoms with van der Waals surface area (Å²) in [7, 11) is 0. The summed E-state index contributed by atoms with van der Waals surface area (Å²) in [6, 6.07) is 0. The molecule has 0 spiro atoms. The zero-order valence-electron chi connectivity index (χ0n) is 62.6. The zero-order chi connectivity index (χ0) is 72.2. The Morgan fingerprint density at radius 1 is 0.354 bits per heavy atom. The number of piperidine rings is 4. The number of hydrogen-bond acceptors (Lipinski definition) is 24. The minimum Gasteiger partial charge on any atom is -0.466 e. The Morgan fingerprint density at radius 2 is 0.604 bits per heavy atom. The number of ether oxygens (including phenoxy) is 10. The van der Waals surface area contributed by atoms with Crippen LogP contribution in [0.2, 0.25) is 0 Å². The third-order valence-corrected chi connectivity index (χ3v) is 20.1. The molecule has 2 atom stereocenters. The number of nitrogens with zero attached hydrogens (tertiary/aromatic N) is 4. The van der Waals surface area contributed by atoms with E-state index in [1.807, 2.05) is 125 Å². The second kappa shape index (κ2) is 37.1. The highest BCUT2D eigenvalue weighted by Crippen LogP contribution is 2.43. The average Bonchev–Trinajstić information content (AvgIpc) is 0.813. The van der Waals surface area contributed by atoms with Crippen LogP contribution in [0.5, 0.6) is 0 Å². The van der Waals surface area contributed by atoms with Gasteiger partial charge in [-0.3, -0.25) is 24.0 Å². The standard InChI is InChI=1S/C72H132N4O20/c1-19-21-31-71(59(79)93-41-25-37-87-53-45-63(3,4)73(83)64(5,6)46-53,60(80)94-42-26-38-88-54-47-65(7,8)74(84)66(9,10)48-54)33-23-35-91-57(77)29-30-58(78)92-36-24-34-72(32-22-20-2,61(81)95-43-27-39-89-55-49-67(11,12)75(85)68(13,14)50-55)62(82)96-44-28-40-90-56-51-69(15,16)76(86)70(17,18)52-56/h53-56,59,79,83-86H,19-52H2,1-18H3. The van der Waals surface area contributed by atoms with Crippen LogP contribution >= 0.6 is 0 Å². The monoisotopic (exact) mass is 1370 g/mol. The molecule has 96 heavy (non-hydrogen) atoms. The number of aliphatic hydroxyl groups is 1. The molecule has 0 aromatic carbocycles. The van der Waals surface area contributed by atoms with Gasteiger partial charge in [0, 0.05) is 70.2 Å². The van der Waals surface area contributed by atoms with Crippen LogP contribution in [0.25, 0.3) is 0 Å². The maximum atomic E-state index is 14.4. The van der Waals surface area contributed by atoms with Gasteiger partial charge in [0.25, 0.3) is 0 Å². The highest BCUT2D eigenvalue weighted by molar-refractivity contribution is 6.00.